The van der Waals surface area contributed by atoms with Crippen LogP contribution in [0.5, 0.6) is 0 Å². The molecule has 124 valence electrons. The van der Waals surface area contributed by atoms with Crippen LogP contribution in [0, 0.1) is 11.6 Å². The Morgan fingerprint density at radius 2 is 1.83 bits per heavy atom. The highest BCUT2D eigenvalue weighted by Gasteiger charge is 2.14. The summed E-state index contributed by atoms with van der Waals surface area (Å²) in [6, 6.07) is 10.4. The molecule has 0 saturated carbocycles. The number of halogens is 3. The predicted molar refractivity (Wildman–Crippen MR) is 86.3 cm³/mol. The lowest BCUT2D eigenvalue weighted by atomic mass is 10.2. The van der Waals surface area contributed by atoms with E-state index >= 15 is 0 Å². The van der Waals surface area contributed by atoms with E-state index in [1.165, 1.54) is 18.2 Å². The molecule has 3 aromatic rings. The van der Waals surface area contributed by atoms with Gasteiger partial charge in [-0.15, -0.1) is 0 Å². The van der Waals surface area contributed by atoms with Crippen LogP contribution in [0.1, 0.15) is 11.5 Å². The van der Waals surface area contributed by atoms with Crippen molar-refractivity contribution in [3.8, 4) is 11.4 Å². The molecule has 0 aliphatic rings. The average Bonchev–Trinajstić information content (AvgIpc) is 3.00. The van der Waals surface area contributed by atoms with E-state index in [1.807, 2.05) is 4.90 Å². The van der Waals surface area contributed by atoms with Crippen LogP contribution in [0.15, 0.2) is 47.0 Å². The maximum absolute atomic E-state index is 13.8. The number of hydrogen-bond acceptors (Lipinski definition) is 4. The van der Waals surface area contributed by atoms with E-state index in [0.29, 0.717) is 41.0 Å². The molecule has 1 heterocycles. The minimum absolute atomic E-state index is 0.305. The summed E-state index contributed by atoms with van der Waals surface area (Å²) in [5.41, 5.74) is 1.08. The van der Waals surface area contributed by atoms with Gasteiger partial charge >= 0.3 is 0 Å². The van der Waals surface area contributed by atoms with Gasteiger partial charge in [-0.25, -0.2) is 8.78 Å². The van der Waals surface area contributed by atoms with Crippen LogP contribution in [0.3, 0.4) is 0 Å². The van der Waals surface area contributed by atoms with Crippen LogP contribution >= 0.6 is 11.6 Å². The van der Waals surface area contributed by atoms with Crippen molar-refractivity contribution in [3.63, 3.8) is 0 Å². The topological polar surface area (TPSA) is 42.2 Å². The first kappa shape index (κ1) is 16.5. The molecule has 1 aromatic heterocycles. The molecule has 0 atom stereocenters. The monoisotopic (exact) mass is 349 g/mol. The van der Waals surface area contributed by atoms with Crippen LogP contribution in [0.4, 0.5) is 8.78 Å². The standard InChI is InChI=1S/C17H14ClF2N3O/c1-23(9-13-14(18)3-2-4-15(13)20)10-16-21-17(22-24-16)11-5-7-12(19)8-6-11/h2-8H,9-10H2,1H3. The highest BCUT2D eigenvalue weighted by atomic mass is 35.5. The summed E-state index contributed by atoms with van der Waals surface area (Å²) in [5, 5.41) is 4.25. The summed E-state index contributed by atoms with van der Waals surface area (Å²) < 4.78 is 31.9. The normalized spacial score (nSPS) is 11.2. The first-order valence-corrected chi connectivity index (χ1v) is 7.60. The van der Waals surface area contributed by atoms with Gasteiger partial charge < -0.3 is 4.52 Å². The number of aromatic nitrogens is 2. The molecule has 0 spiro atoms. The number of hydrogen-bond donors (Lipinski definition) is 0. The van der Waals surface area contributed by atoms with Crippen molar-refractivity contribution < 1.29 is 13.3 Å². The smallest absolute Gasteiger partial charge is 0.241 e. The Hall–Kier alpha value is -2.31. The predicted octanol–water partition coefficient (Wildman–Crippen LogP) is 4.30. The van der Waals surface area contributed by atoms with E-state index in [4.69, 9.17) is 16.1 Å². The van der Waals surface area contributed by atoms with Gasteiger partial charge in [0.2, 0.25) is 11.7 Å². The minimum Gasteiger partial charge on any atom is -0.338 e. The van der Waals surface area contributed by atoms with Crippen molar-refractivity contribution in [2.24, 2.45) is 0 Å². The molecule has 3 rings (SSSR count). The molecular weight excluding hydrogens is 336 g/mol. The maximum atomic E-state index is 13.8. The van der Waals surface area contributed by atoms with E-state index in [1.54, 1.807) is 31.3 Å². The van der Waals surface area contributed by atoms with Gasteiger partial charge in [0.25, 0.3) is 0 Å². The molecule has 4 nitrogen and oxygen atoms in total. The van der Waals surface area contributed by atoms with Gasteiger partial charge in [-0.1, -0.05) is 22.8 Å². The summed E-state index contributed by atoms with van der Waals surface area (Å²) in [5.74, 6) is 0.0717. The second-order valence-electron chi connectivity index (χ2n) is 5.39. The van der Waals surface area contributed by atoms with Crippen molar-refractivity contribution in [3.05, 3.63) is 70.6 Å². The Morgan fingerprint density at radius 1 is 1.08 bits per heavy atom. The SMILES string of the molecule is CN(Cc1nc(-c2ccc(F)cc2)no1)Cc1c(F)cccc1Cl. The Balaban J connectivity index is 1.69. The molecule has 0 aliphatic heterocycles. The molecule has 7 heteroatoms. The number of benzene rings is 2. The second kappa shape index (κ2) is 7.07. The van der Waals surface area contributed by atoms with Gasteiger partial charge in [0.05, 0.1) is 6.54 Å². The Kier molecular flexibility index (Phi) is 4.87. The molecular formula is C17H14ClF2N3O. The summed E-state index contributed by atoms with van der Waals surface area (Å²) in [4.78, 5) is 6.08. The third kappa shape index (κ3) is 3.77. The Morgan fingerprint density at radius 3 is 2.54 bits per heavy atom. The number of nitrogens with zero attached hydrogens (tertiary/aromatic N) is 3. The van der Waals surface area contributed by atoms with Crippen molar-refractivity contribution in [2.45, 2.75) is 13.1 Å². The van der Waals surface area contributed by atoms with E-state index < -0.39 is 0 Å². The van der Waals surface area contributed by atoms with Crippen LogP contribution < -0.4 is 0 Å². The zero-order chi connectivity index (χ0) is 17.1. The summed E-state index contributed by atoms with van der Waals surface area (Å²) in [7, 11) is 1.80. The van der Waals surface area contributed by atoms with Crippen molar-refractivity contribution in [1.29, 1.82) is 0 Å². The van der Waals surface area contributed by atoms with E-state index in [-0.39, 0.29) is 11.6 Å². The highest BCUT2D eigenvalue weighted by Crippen LogP contribution is 2.21. The fourth-order valence-corrected chi connectivity index (χ4v) is 2.50. The fraction of sp³-hybridized carbons (Fsp3) is 0.176. The van der Waals surface area contributed by atoms with Gasteiger partial charge in [0.1, 0.15) is 11.6 Å². The molecule has 0 unspecified atom stereocenters. The molecule has 0 radical (unpaired) electrons. The summed E-state index contributed by atoms with van der Waals surface area (Å²) >= 11 is 6.02. The largest absolute Gasteiger partial charge is 0.338 e. The molecule has 0 fully saturated rings. The molecule has 2 aromatic carbocycles. The second-order valence-corrected chi connectivity index (χ2v) is 5.80. The minimum atomic E-state index is -0.355. The first-order valence-electron chi connectivity index (χ1n) is 7.23. The van der Waals surface area contributed by atoms with E-state index in [2.05, 4.69) is 10.1 Å². The zero-order valence-corrected chi connectivity index (χ0v) is 13.6. The van der Waals surface area contributed by atoms with Gasteiger partial charge in [0, 0.05) is 22.7 Å². The summed E-state index contributed by atoms with van der Waals surface area (Å²) in [6.07, 6.45) is 0. The first-order chi connectivity index (χ1) is 11.5. The van der Waals surface area contributed by atoms with Crippen molar-refractivity contribution in [1.82, 2.24) is 15.0 Å². The van der Waals surface area contributed by atoms with E-state index in [9.17, 15) is 8.78 Å². The molecule has 0 saturated heterocycles. The molecule has 24 heavy (non-hydrogen) atoms. The quantitative estimate of drug-likeness (QED) is 0.688. The third-order valence-corrected chi connectivity index (χ3v) is 3.82. The average molecular weight is 350 g/mol. The van der Waals surface area contributed by atoms with Crippen LogP contribution in [-0.4, -0.2) is 22.1 Å². The lowest BCUT2D eigenvalue weighted by Crippen LogP contribution is -2.18. The maximum Gasteiger partial charge on any atom is 0.241 e. The Bertz CT molecular complexity index is 816. The van der Waals surface area contributed by atoms with Crippen molar-refractivity contribution in [2.75, 3.05) is 7.05 Å². The fourth-order valence-electron chi connectivity index (χ4n) is 2.28. The molecule has 0 bridgehead atoms. The molecule has 0 amide bonds. The lowest BCUT2D eigenvalue weighted by molar-refractivity contribution is 0.258. The van der Waals surface area contributed by atoms with E-state index in [0.717, 1.165) is 0 Å². The van der Waals surface area contributed by atoms with Crippen LogP contribution in [0.25, 0.3) is 11.4 Å². The third-order valence-electron chi connectivity index (χ3n) is 3.47. The lowest BCUT2D eigenvalue weighted by Gasteiger charge is -2.15. The molecule has 0 N–H and O–H groups in total. The van der Waals surface area contributed by atoms with Gasteiger partial charge in [-0.3, -0.25) is 4.90 Å². The molecule has 0 aliphatic carbocycles. The van der Waals surface area contributed by atoms with Gasteiger partial charge in [-0.2, -0.15) is 4.98 Å². The van der Waals surface area contributed by atoms with Crippen LogP contribution in [-0.2, 0) is 13.1 Å². The van der Waals surface area contributed by atoms with Crippen LogP contribution in [0.2, 0.25) is 5.02 Å². The van der Waals surface area contributed by atoms with Gasteiger partial charge in [-0.05, 0) is 43.4 Å². The van der Waals surface area contributed by atoms with Crippen molar-refractivity contribution >= 4 is 11.6 Å². The number of rotatable bonds is 5. The zero-order valence-electron chi connectivity index (χ0n) is 12.8. The Labute approximate surface area is 142 Å². The summed E-state index contributed by atoms with van der Waals surface area (Å²) in [6.45, 7) is 0.638. The van der Waals surface area contributed by atoms with Gasteiger partial charge in [0.15, 0.2) is 0 Å². The highest BCUT2D eigenvalue weighted by molar-refractivity contribution is 6.31.